The summed E-state index contributed by atoms with van der Waals surface area (Å²) in [6.07, 6.45) is 4.31. The van der Waals surface area contributed by atoms with Crippen LogP contribution >= 0.6 is 0 Å². The molecule has 7 nitrogen and oxygen atoms in total. The number of aromatic nitrogens is 1. The summed E-state index contributed by atoms with van der Waals surface area (Å²) in [5.74, 6) is 1.68. The first-order valence-electron chi connectivity index (χ1n) is 12.5. The SMILES string of the molecule is CN(C)Cc1c(Oc2ccc(F)cc2)ccc2c(CCC3CCN(CC4OCCO4)CC3)noc12. The number of likely N-dealkylation sites (tertiary alicyclic amines) is 1. The third-order valence-corrected chi connectivity index (χ3v) is 6.89. The lowest BCUT2D eigenvalue weighted by molar-refractivity contribution is -0.0661. The Hall–Kier alpha value is -2.52. The lowest BCUT2D eigenvalue weighted by Gasteiger charge is -2.32. The summed E-state index contributed by atoms with van der Waals surface area (Å²) in [5.41, 5.74) is 2.71. The van der Waals surface area contributed by atoms with Crippen molar-refractivity contribution in [2.45, 2.75) is 38.5 Å². The fourth-order valence-electron chi connectivity index (χ4n) is 4.98. The second-order valence-corrected chi connectivity index (χ2v) is 9.80. The van der Waals surface area contributed by atoms with Crippen LogP contribution in [0.15, 0.2) is 40.9 Å². The fourth-order valence-corrected chi connectivity index (χ4v) is 4.98. The number of nitrogens with zero attached hydrogens (tertiary/aromatic N) is 3. The molecule has 2 fully saturated rings. The molecule has 5 rings (SSSR count). The standard InChI is InChI=1S/C27H34FN3O4/c1-30(2)17-23-25(34-21-6-4-20(28)5-7-21)10-8-22-24(29-35-27(22)23)9-3-19-11-13-31(14-12-19)18-26-32-15-16-33-26/h4-8,10,19,26H,3,9,11-18H2,1-2H3. The molecule has 0 spiro atoms. The van der Waals surface area contributed by atoms with Gasteiger partial charge in [-0.1, -0.05) is 5.16 Å². The third kappa shape index (κ3) is 6.01. The Balaban J connectivity index is 1.24. The Morgan fingerprint density at radius 2 is 1.80 bits per heavy atom. The Labute approximate surface area is 205 Å². The highest BCUT2D eigenvalue weighted by atomic mass is 19.1. The molecule has 0 N–H and O–H groups in total. The molecule has 35 heavy (non-hydrogen) atoms. The van der Waals surface area contributed by atoms with Gasteiger partial charge in [0.1, 0.15) is 17.3 Å². The van der Waals surface area contributed by atoms with Crippen LogP contribution < -0.4 is 4.74 Å². The van der Waals surface area contributed by atoms with E-state index in [4.69, 9.17) is 18.7 Å². The van der Waals surface area contributed by atoms with Crippen molar-refractivity contribution >= 4 is 11.0 Å². The molecule has 3 aromatic rings. The van der Waals surface area contributed by atoms with Crippen LogP contribution in [0.2, 0.25) is 0 Å². The summed E-state index contributed by atoms with van der Waals surface area (Å²) in [5, 5.41) is 5.49. The molecule has 188 valence electrons. The molecule has 3 heterocycles. The average Bonchev–Trinajstić information content (AvgIpc) is 3.51. The minimum Gasteiger partial charge on any atom is -0.457 e. The molecule has 2 aliphatic rings. The van der Waals surface area contributed by atoms with Crippen LogP contribution in [0.5, 0.6) is 11.5 Å². The molecule has 0 unspecified atom stereocenters. The number of halogens is 1. The second-order valence-electron chi connectivity index (χ2n) is 9.80. The topological polar surface area (TPSA) is 60.2 Å². The van der Waals surface area contributed by atoms with Crippen molar-refractivity contribution in [3.05, 3.63) is 53.5 Å². The Morgan fingerprint density at radius 1 is 1.06 bits per heavy atom. The van der Waals surface area contributed by atoms with Crippen LogP contribution in [-0.2, 0) is 22.4 Å². The molecular weight excluding hydrogens is 449 g/mol. The van der Waals surface area contributed by atoms with E-state index < -0.39 is 0 Å². The highest BCUT2D eigenvalue weighted by Crippen LogP contribution is 2.35. The summed E-state index contributed by atoms with van der Waals surface area (Å²) < 4.78 is 36.4. The van der Waals surface area contributed by atoms with Crippen LogP contribution in [0.1, 0.15) is 30.5 Å². The zero-order chi connectivity index (χ0) is 24.2. The maximum absolute atomic E-state index is 13.3. The van der Waals surface area contributed by atoms with Gasteiger partial charge in [-0.25, -0.2) is 4.39 Å². The number of hydrogen-bond donors (Lipinski definition) is 0. The Kier molecular flexibility index (Phi) is 7.63. The third-order valence-electron chi connectivity index (χ3n) is 6.89. The van der Waals surface area contributed by atoms with E-state index >= 15 is 0 Å². The van der Waals surface area contributed by atoms with E-state index in [2.05, 4.69) is 15.0 Å². The summed E-state index contributed by atoms with van der Waals surface area (Å²) in [7, 11) is 4.02. The molecule has 2 saturated heterocycles. The summed E-state index contributed by atoms with van der Waals surface area (Å²) >= 11 is 0. The minimum atomic E-state index is -0.288. The Bertz CT molecular complexity index is 1100. The second kappa shape index (κ2) is 11.0. The van der Waals surface area contributed by atoms with Crippen LogP contribution in [0.25, 0.3) is 11.0 Å². The van der Waals surface area contributed by atoms with Crippen molar-refractivity contribution in [1.82, 2.24) is 15.0 Å². The number of rotatable bonds is 9. The predicted octanol–water partition coefficient (Wildman–Crippen LogP) is 4.84. The maximum Gasteiger partial charge on any atom is 0.175 e. The van der Waals surface area contributed by atoms with Crippen molar-refractivity contribution < 1.29 is 23.1 Å². The number of benzene rings is 2. The average molecular weight is 484 g/mol. The summed E-state index contributed by atoms with van der Waals surface area (Å²) in [6, 6.07) is 10.0. The summed E-state index contributed by atoms with van der Waals surface area (Å²) in [4.78, 5) is 4.53. The largest absolute Gasteiger partial charge is 0.457 e. The number of piperidine rings is 1. The van der Waals surface area contributed by atoms with Gasteiger partial charge in [0.2, 0.25) is 0 Å². The number of aryl methyl sites for hydroxylation is 1. The van der Waals surface area contributed by atoms with Crippen LogP contribution in [0.3, 0.4) is 0 Å². The van der Waals surface area contributed by atoms with Gasteiger partial charge in [0.15, 0.2) is 11.9 Å². The molecule has 0 saturated carbocycles. The van der Waals surface area contributed by atoms with E-state index in [9.17, 15) is 4.39 Å². The van der Waals surface area contributed by atoms with E-state index in [1.54, 1.807) is 12.1 Å². The van der Waals surface area contributed by atoms with E-state index in [-0.39, 0.29) is 12.1 Å². The molecule has 2 aliphatic heterocycles. The van der Waals surface area contributed by atoms with Crippen molar-refractivity contribution in [3.8, 4) is 11.5 Å². The quantitative estimate of drug-likeness (QED) is 0.432. The van der Waals surface area contributed by atoms with Crippen molar-refractivity contribution in [3.63, 3.8) is 0 Å². The molecule has 0 radical (unpaired) electrons. The van der Waals surface area contributed by atoms with Gasteiger partial charge in [0.25, 0.3) is 0 Å². The van der Waals surface area contributed by atoms with Gasteiger partial charge in [-0.05, 0) is 95.2 Å². The van der Waals surface area contributed by atoms with Crippen molar-refractivity contribution in [2.24, 2.45) is 5.92 Å². The first kappa shape index (κ1) is 24.2. The van der Waals surface area contributed by atoms with Gasteiger partial charge in [0, 0.05) is 18.5 Å². The van der Waals surface area contributed by atoms with Gasteiger partial charge in [0.05, 0.1) is 24.5 Å². The highest BCUT2D eigenvalue weighted by molar-refractivity contribution is 5.84. The molecule has 0 atom stereocenters. The monoisotopic (exact) mass is 483 g/mol. The zero-order valence-electron chi connectivity index (χ0n) is 20.5. The number of fused-ring (bicyclic) bond motifs is 1. The lowest BCUT2D eigenvalue weighted by Crippen LogP contribution is -2.39. The molecule has 0 aliphatic carbocycles. The van der Waals surface area contributed by atoms with Crippen LogP contribution in [-0.4, -0.2) is 68.2 Å². The van der Waals surface area contributed by atoms with E-state index in [0.29, 0.717) is 37.2 Å². The predicted molar refractivity (Wildman–Crippen MR) is 131 cm³/mol. The van der Waals surface area contributed by atoms with Crippen molar-refractivity contribution in [1.29, 1.82) is 0 Å². The molecule has 1 aromatic heterocycles. The van der Waals surface area contributed by atoms with Gasteiger partial charge in [-0.2, -0.15) is 0 Å². The number of ether oxygens (including phenoxy) is 3. The van der Waals surface area contributed by atoms with Gasteiger partial charge in [-0.3, -0.25) is 4.90 Å². The molecule has 0 bridgehead atoms. The Morgan fingerprint density at radius 3 is 2.51 bits per heavy atom. The van der Waals surface area contributed by atoms with E-state index in [0.717, 1.165) is 54.7 Å². The molecule has 0 amide bonds. The summed E-state index contributed by atoms with van der Waals surface area (Å²) in [6.45, 7) is 5.12. The zero-order valence-corrected chi connectivity index (χ0v) is 20.5. The van der Waals surface area contributed by atoms with E-state index in [1.165, 1.54) is 25.0 Å². The first-order valence-corrected chi connectivity index (χ1v) is 12.5. The number of hydrogen-bond acceptors (Lipinski definition) is 7. The van der Waals surface area contributed by atoms with Gasteiger partial charge < -0.3 is 23.6 Å². The highest BCUT2D eigenvalue weighted by Gasteiger charge is 2.25. The van der Waals surface area contributed by atoms with Gasteiger partial charge in [-0.15, -0.1) is 0 Å². The molecule has 8 heteroatoms. The van der Waals surface area contributed by atoms with E-state index in [1.807, 2.05) is 26.2 Å². The molecular formula is C27H34FN3O4. The van der Waals surface area contributed by atoms with Crippen molar-refractivity contribution in [2.75, 3.05) is 46.9 Å². The van der Waals surface area contributed by atoms with Crippen LogP contribution in [0.4, 0.5) is 4.39 Å². The smallest absolute Gasteiger partial charge is 0.175 e. The molecule has 2 aromatic carbocycles. The first-order chi connectivity index (χ1) is 17.0. The fraction of sp³-hybridized carbons (Fsp3) is 0.519. The maximum atomic E-state index is 13.3. The van der Waals surface area contributed by atoms with Crippen LogP contribution in [0, 0.1) is 11.7 Å². The van der Waals surface area contributed by atoms with Gasteiger partial charge >= 0.3 is 0 Å². The lowest BCUT2D eigenvalue weighted by atomic mass is 9.91. The normalized spacial score (nSPS) is 18.2. The minimum absolute atomic E-state index is 0.0543.